The van der Waals surface area contributed by atoms with E-state index in [9.17, 15) is 5.11 Å². The molecule has 3 heteroatoms. The van der Waals surface area contributed by atoms with Crippen LogP contribution in [0.2, 0.25) is 5.22 Å². The minimum Gasteiger partial charge on any atom is -0.453 e. The average molecular weight is 223 g/mol. The van der Waals surface area contributed by atoms with Gasteiger partial charge in [-0.3, -0.25) is 0 Å². The van der Waals surface area contributed by atoms with Crippen LogP contribution >= 0.6 is 11.6 Å². The molecule has 2 nitrogen and oxygen atoms in total. The van der Waals surface area contributed by atoms with Crippen molar-refractivity contribution in [3.05, 3.63) is 59.0 Å². The molecule has 0 aliphatic heterocycles. The summed E-state index contributed by atoms with van der Waals surface area (Å²) in [5, 5.41) is 10.2. The summed E-state index contributed by atoms with van der Waals surface area (Å²) in [6, 6.07) is 11.5. The Kier molecular flexibility index (Phi) is 3.09. The Labute approximate surface area is 93.1 Å². The maximum absolute atomic E-state index is 9.90. The summed E-state index contributed by atoms with van der Waals surface area (Å²) in [7, 11) is 0. The van der Waals surface area contributed by atoms with Gasteiger partial charge in [-0.15, -0.1) is 0 Å². The highest BCUT2D eigenvalue weighted by molar-refractivity contribution is 6.29. The molecule has 0 bridgehead atoms. The summed E-state index contributed by atoms with van der Waals surface area (Å²) in [5.74, 6) is 0. The number of furan rings is 1. The number of hydrogen-bond donors (Lipinski definition) is 1. The molecule has 0 aliphatic rings. The lowest BCUT2D eigenvalue weighted by Gasteiger charge is -2.08. The van der Waals surface area contributed by atoms with Gasteiger partial charge in [0.05, 0.1) is 12.4 Å². The highest BCUT2D eigenvalue weighted by Crippen LogP contribution is 2.26. The number of aliphatic hydroxyl groups excluding tert-OH is 1. The normalized spacial score (nSPS) is 12.7. The minimum absolute atomic E-state index is 0.262. The minimum atomic E-state index is -0.612. The van der Waals surface area contributed by atoms with Crippen molar-refractivity contribution in [3.63, 3.8) is 0 Å². The van der Waals surface area contributed by atoms with E-state index in [0.717, 1.165) is 5.56 Å². The van der Waals surface area contributed by atoms with Gasteiger partial charge >= 0.3 is 0 Å². The SMILES string of the molecule is OC(Cc1ccccc1)c1ccoc1Cl. The average Bonchev–Trinajstić information content (AvgIpc) is 2.66. The third kappa shape index (κ3) is 2.41. The van der Waals surface area contributed by atoms with E-state index < -0.39 is 6.10 Å². The molecule has 1 aromatic carbocycles. The summed E-state index contributed by atoms with van der Waals surface area (Å²) < 4.78 is 4.93. The van der Waals surface area contributed by atoms with E-state index in [1.165, 1.54) is 6.26 Å². The smallest absolute Gasteiger partial charge is 0.198 e. The van der Waals surface area contributed by atoms with Gasteiger partial charge in [-0.25, -0.2) is 0 Å². The van der Waals surface area contributed by atoms with Crippen LogP contribution in [0.4, 0.5) is 0 Å². The van der Waals surface area contributed by atoms with Crippen molar-refractivity contribution < 1.29 is 9.52 Å². The zero-order valence-electron chi connectivity index (χ0n) is 8.06. The first-order valence-corrected chi connectivity index (χ1v) is 5.10. The predicted molar refractivity (Wildman–Crippen MR) is 58.8 cm³/mol. The third-order valence-corrected chi connectivity index (χ3v) is 2.58. The van der Waals surface area contributed by atoms with Crippen LogP contribution in [0.1, 0.15) is 17.2 Å². The summed E-state index contributed by atoms with van der Waals surface area (Å²) in [4.78, 5) is 0. The second-order valence-corrected chi connectivity index (χ2v) is 3.70. The van der Waals surface area contributed by atoms with Crippen molar-refractivity contribution in [1.82, 2.24) is 0 Å². The van der Waals surface area contributed by atoms with Crippen LogP contribution in [0, 0.1) is 0 Å². The first kappa shape index (κ1) is 10.3. The molecule has 0 spiro atoms. The Balaban J connectivity index is 2.11. The molecule has 1 unspecified atom stereocenters. The predicted octanol–water partition coefficient (Wildman–Crippen LogP) is 3.21. The van der Waals surface area contributed by atoms with Crippen LogP contribution in [0.15, 0.2) is 47.1 Å². The summed E-state index contributed by atoms with van der Waals surface area (Å²) in [6.45, 7) is 0. The second-order valence-electron chi connectivity index (χ2n) is 3.36. The fourth-order valence-corrected chi connectivity index (χ4v) is 1.73. The maximum atomic E-state index is 9.90. The van der Waals surface area contributed by atoms with Gasteiger partial charge in [-0.1, -0.05) is 30.3 Å². The first-order chi connectivity index (χ1) is 7.27. The zero-order valence-corrected chi connectivity index (χ0v) is 8.82. The van der Waals surface area contributed by atoms with E-state index in [4.69, 9.17) is 16.0 Å². The summed E-state index contributed by atoms with van der Waals surface area (Å²) >= 11 is 5.77. The van der Waals surface area contributed by atoms with Gasteiger partial charge in [0, 0.05) is 12.0 Å². The summed E-state index contributed by atoms with van der Waals surface area (Å²) in [5.41, 5.74) is 1.71. The standard InChI is InChI=1S/C12H11ClO2/c13-12-10(6-7-15-12)11(14)8-9-4-2-1-3-5-9/h1-7,11,14H,8H2. The van der Waals surface area contributed by atoms with Gasteiger partial charge in [0.15, 0.2) is 5.22 Å². The number of benzene rings is 1. The summed E-state index contributed by atoms with van der Waals surface area (Å²) in [6.07, 6.45) is 1.41. The molecule has 2 aromatic rings. The Morgan fingerprint density at radius 2 is 1.93 bits per heavy atom. The van der Waals surface area contributed by atoms with Crippen molar-refractivity contribution in [2.24, 2.45) is 0 Å². The molecule has 1 atom stereocenters. The molecule has 2 rings (SSSR count). The molecule has 0 amide bonds. The van der Waals surface area contributed by atoms with Crippen molar-refractivity contribution in [2.75, 3.05) is 0 Å². The van der Waals surface area contributed by atoms with Gasteiger partial charge in [-0.05, 0) is 23.2 Å². The van der Waals surface area contributed by atoms with Crippen LogP contribution in [-0.2, 0) is 6.42 Å². The van der Waals surface area contributed by atoms with Crippen LogP contribution < -0.4 is 0 Å². The van der Waals surface area contributed by atoms with Gasteiger partial charge in [0.25, 0.3) is 0 Å². The van der Waals surface area contributed by atoms with Crippen molar-refractivity contribution in [1.29, 1.82) is 0 Å². The Bertz CT molecular complexity index is 422. The van der Waals surface area contributed by atoms with Crippen LogP contribution in [0.3, 0.4) is 0 Å². The molecule has 0 fully saturated rings. The quantitative estimate of drug-likeness (QED) is 0.865. The van der Waals surface area contributed by atoms with E-state index in [-0.39, 0.29) is 5.22 Å². The first-order valence-electron chi connectivity index (χ1n) is 4.72. The molecule has 78 valence electrons. The second kappa shape index (κ2) is 4.51. The van der Waals surface area contributed by atoms with E-state index in [1.54, 1.807) is 6.07 Å². The van der Waals surface area contributed by atoms with Crippen molar-refractivity contribution in [2.45, 2.75) is 12.5 Å². The van der Waals surface area contributed by atoms with Gasteiger partial charge in [0.1, 0.15) is 0 Å². The topological polar surface area (TPSA) is 33.4 Å². The zero-order chi connectivity index (χ0) is 10.7. The van der Waals surface area contributed by atoms with Gasteiger partial charge in [0.2, 0.25) is 0 Å². The lowest BCUT2D eigenvalue weighted by molar-refractivity contribution is 0.177. The molecule has 0 radical (unpaired) electrons. The van der Waals surface area contributed by atoms with E-state index >= 15 is 0 Å². The molecule has 0 aliphatic carbocycles. The number of rotatable bonds is 3. The Morgan fingerprint density at radius 1 is 1.20 bits per heavy atom. The molecular formula is C12H11ClO2. The van der Waals surface area contributed by atoms with E-state index in [2.05, 4.69) is 0 Å². The molecule has 1 heterocycles. The highest BCUT2D eigenvalue weighted by atomic mass is 35.5. The molecule has 0 saturated carbocycles. The number of halogens is 1. The third-order valence-electron chi connectivity index (χ3n) is 2.28. The molecular weight excluding hydrogens is 212 g/mol. The van der Waals surface area contributed by atoms with Crippen LogP contribution in [0.25, 0.3) is 0 Å². The van der Waals surface area contributed by atoms with Crippen LogP contribution in [0.5, 0.6) is 0 Å². The van der Waals surface area contributed by atoms with E-state index in [1.807, 2.05) is 30.3 Å². The fraction of sp³-hybridized carbons (Fsp3) is 0.167. The highest BCUT2D eigenvalue weighted by Gasteiger charge is 2.14. The van der Waals surface area contributed by atoms with Gasteiger partial charge < -0.3 is 9.52 Å². The fourth-order valence-electron chi connectivity index (χ4n) is 1.49. The lowest BCUT2D eigenvalue weighted by Crippen LogP contribution is -2.00. The molecule has 1 N–H and O–H groups in total. The monoisotopic (exact) mass is 222 g/mol. The molecule has 0 saturated heterocycles. The largest absolute Gasteiger partial charge is 0.453 e. The lowest BCUT2D eigenvalue weighted by atomic mass is 10.0. The van der Waals surface area contributed by atoms with E-state index in [0.29, 0.717) is 12.0 Å². The van der Waals surface area contributed by atoms with Crippen molar-refractivity contribution >= 4 is 11.6 Å². The number of hydrogen-bond acceptors (Lipinski definition) is 2. The Hall–Kier alpha value is -1.25. The molecule has 1 aromatic heterocycles. The van der Waals surface area contributed by atoms with Crippen molar-refractivity contribution in [3.8, 4) is 0 Å². The number of aliphatic hydroxyl groups is 1. The molecule has 15 heavy (non-hydrogen) atoms. The maximum Gasteiger partial charge on any atom is 0.198 e. The Morgan fingerprint density at radius 3 is 2.53 bits per heavy atom. The van der Waals surface area contributed by atoms with Crippen LogP contribution in [-0.4, -0.2) is 5.11 Å². The van der Waals surface area contributed by atoms with Gasteiger partial charge in [-0.2, -0.15) is 0 Å².